The van der Waals surface area contributed by atoms with Crippen molar-refractivity contribution in [1.82, 2.24) is 0 Å². The van der Waals surface area contributed by atoms with Crippen LogP contribution in [0.15, 0.2) is 0 Å². The van der Waals surface area contributed by atoms with E-state index in [-0.39, 0.29) is 25.0 Å². The molecule has 86 valence electrons. The highest BCUT2D eigenvalue weighted by molar-refractivity contribution is 8.55. The van der Waals surface area contributed by atoms with Crippen LogP contribution in [0.1, 0.15) is 0 Å². The van der Waals surface area contributed by atoms with Gasteiger partial charge in [-0.15, -0.1) is 34.8 Å². The lowest BCUT2D eigenvalue weighted by atomic mass is 10.9. The summed E-state index contributed by atoms with van der Waals surface area (Å²) < 4.78 is 21.9. The van der Waals surface area contributed by atoms with Crippen LogP contribution in [0.4, 0.5) is 0 Å². The molecule has 0 rings (SSSR count). The fourth-order valence-corrected chi connectivity index (χ4v) is 4.46. The van der Waals surface area contributed by atoms with Gasteiger partial charge in [0.15, 0.2) is 0 Å². The lowest BCUT2D eigenvalue weighted by Crippen LogP contribution is -1.99. The van der Waals surface area contributed by atoms with Crippen LogP contribution in [-0.4, -0.2) is 36.6 Å². The normalized spacial score (nSPS) is 11.9. The van der Waals surface area contributed by atoms with E-state index in [0.29, 0.717) is 11.6 Å². The summed E-state index contributed by atoms with van der Waals surface area (Å²) in [4.78, 5) is 0. The van der Waals surface area contributed by atoms with Gasteiger partial charge in [-0.2, -0.15) is 0 Å². The van der Waals surface area contributed by atoms with Crippen LogP contribution in [0.25, 0.3) is 0 Å². The molecule has 0 saturated carbocycles. The molecule has 0 amide bonds. The van der Waals surface area contributed by atoms with E-state index in [1.807, 2.05) is 0 Å². The van der Waals surface area contributed by atoms with Crippen LogP contribution < -0.4 is 0 Å². The number of hydrogen-bond donors (Lipinski definition) is 0. The zero-order chi connectivity index (χ0) is 10.9. The van der Waals surface area contributed by atoms with Crippen molar-refractivity contribution in [2.75, 3.05) is 36.6 Å². The number of alkyl halides is 3. The Bertz CT molecular complexity index is 155. The molecule has 0 aliphatic rings. The topological polar surface area (TPSA) is 35.5 Å². The van der Waals surface area contributed by atoms with Gasteiger partial charge in [-0.25, -0.2) is 4.57 Å². The lowest BCUT2D eigenvalue weighted by Gasteiger charge is -2.15. The van der Waals surface area contributed by atoms with E-state index >= 15 is 0 Å². The van der Waals surface area contributed by atoms with Crippen LogP contribution in [-0.2, 0) is 13.6 Å². The molecule has 0 aromatic rings. The van der Waals surface area contributed by atoms with Gasteiger partial charge in [-0.05, 0) is 11.4 Å². The van der Waals surface area contributed by atoms with Gasteiger partial charge in [0.05, 0.1) is 13.2 Å². The highest BCUT2D eigenvalue weighted by Crippen LogP contribution is 2.60. The van der Waals surface area contributed by atoms with Crippen molar-refractivity contribution in [2.24, 2.45) is 0 Å². The predicted molar refractivity (Wildman–Crippen MR) is 64.1 cm³/mol. The second-order valence-corrected chi connectivity index (χ2v) is 7.34. The Balaban J connectivity index is 3.97. The fraction of sp³-hybridized carbons (Fsp3) is 1.00. The summed E-state index contributed by atoms with van der Waals surface area (Å²) in [6.07, 6.45) is 0. The van der Waals surface area contributed by atoms with E-state index in [2.05, 4.69) is 0 Å². The van der Waals surface area contributed by atoms with Crippen LogP contribution in [0, 0.1) is 0 Å². The van der Waals surface area contributed by atoms with E-state index in [4.69, 9.17) is 43.9 Å². The first-order valence-corrected chi connectivity index (χ1v) is 8.64. The molecule has 0 aliphatic carbocycles. The Morgan fingerprint density at radius 1 is 1.00 bits per heavy atom. The Morgan fingerprint density at radius 2 is 1.50 bits per heavy atom. The summed E-state index contributed by atoms with van der Waals surface area (Å²) in [6, 6.07) is 0. The molecule has 0 heterocycles. The van der Waals surface area contributed by atoms with Gasteiger partial charge in [-0.1, -0.05) is 0 Å². The van der Waals surface area contributed by atoms with E-state index in [9.17, 15) is 4.57 Å². The smallest absolute Gasteiger partial charge is 0.299 e. The van der Waals surface area contributed by atoms with E-state index in [0.717, 1.165) is 11.4 Å². The van der Waals surface area contributed by atoms with E-state index in [1.165, 1.54) is 0 Å². The second kappa shape index (κ2) is 9.59. The maximum atomic E-state index is 11.8. The molecule has 0 aromatic carbocycles. The quantitative estimate of drug-likeness (QED) is 0.482. The van der Waals surface area contributed by atoms with Crippen molar-refractivity contribution in [1.29, 1.82) is 0 Å². The van der Waals surface area contributed by atoms with Crippen molar-refractivity contribution in [3.05, 3.63) is 0 Å². The van der Waals surface area contributed by atoms with Crippen LogP contribution in [0.2, 0.25) is 0 Å². The largest absolute Gasteiger partial charge is 0.389 e. The zero-order valence-electron chi connectivity index (χ0n) is 7.46. The van der Waals surface area contributed by atoms with Crippen LogP contribution in [0.3, 0.4) is 0 Å². The van der Waals surface area contributed by atoms with Gasteiger partial charge < -0.3 is 0 Å². The molecular weight excluding hydrogens is 289 g/mol. The Kier molecular flexibility index (Phi) is 10.5. The lowest BCUT2D eigenvalue weighted by molar-refractivity contribution is 0.239. The Morgan fingerprint density at radius 3 is 1.86 bits per heavy atom. The summed E-state index contributed by atoms with van der Waals surface area (Å²) >= 11 is 17.4. The number of hydrogen-bond acceptors (Lipinski definition) is 4. The summed E-state index contributed by atoms with van der Waals surface area (Å²) in [5.74, 6) is 1.44. The number of rotatable bonds is 9. The summed E-state index contributed by atoms with van der Waals surface area (Å²) in [6.45, 7) is -2.72. The molecule has 3 nitrogen and oxygen atoms in total. The van der Waals surface area contributed by atoms with Crippen molar-refractivity contribution in [3.63, 3.8) is 0 Å². The Hall–Kier alpha value is 1.37. The molecule has 0 atom stereocenters. The predicted octanol–water partition coefficient (Wildman–Crippen LogP) is 3.58. The Labute approximate surface area is 103 Å². The SMILES string of the molecule is O=P(OCCCl)(OCCCl)SCCCl. The summed E-state index contributed by atoms with van der Waals surface area (Å²) in [7, 11) is 0. The average molecular weight is 302 g/mol. The minimum Gasteiger partial charge on any atom is -0.299 e. The van der Waals surface area contributed by atoms with Gasteiger partial charge in [-0.3, -0.25) is 9.05 Å². The number of halogens is 3. The van der Waals surface area contributed by atoms with Gasteiger partial charge in [0.25, 0.3) is 0 Å². The molecule has 8 heteroatoms. The molecule has 0 aliphatic heterocycles. The van der Waals surface area contributed by atoms with Gasteiger partial charge >= 0.3 is 6.80 Å². The van der Waals surface area contributed by atoms with Gasteiger partial charge in [0.2, 0.25) is 0 Å². The summed E-state index contributed by atoms with van der Waals surface area (Å²) in [5.41, 5.74) is 0. The molecule has 0 bridgehead atoms. The third-order valence-electron chi connectivity index (χ3n) is 0.980. The third kappa shape index (κ3) is 7.63. The van der Waals surface area contributed by atoms with Crippen LogP contribution in [0.5, 0.6) is 0 Å². The van der Waals surface area contributed by atoms with E-state index in [1.54, 1.807) is 0 Å². The molecule has 14 heavy (non-hydrogen) atoms. The molecule has 0 N–H and O–H groups in total. The molecule has 0 spiro atoms. The fourth-order valence-electron chi connectivity index (χ4n) is 0.551. The molecule has 0 fully saturated rings. The van der Waals surface area contributed by atoms with E-state index < -0.39 is 6.80 Å². The second-order valence-electron chi connectivity index (χ2n) is 2.01. The maximum Gasteiger partial charge on any atom is 0.389 e. The summed E-state index contributed by atoms with van der Waals surface area (Å²) in [5, 5.41) is 0. The molecular formula is C6H12Cl3O3PS. The van der Waals surface area contributed by atoms with Crippen molar-refractivity contribution in [2.45, 2.75) is 0 Å². The first-order valence-electron chi connectivity index (χ1n) is 3.90. The molecule has 0 saturated heterocycles. The highest BCUT2D eigenvalue weighted by Gasteiger charge is 2.24. The van der Waals surface area contributed by atoms with Crippen molar-refractivity contribution < 1.29 is 13.6 Å². The zero-order valence-corrected chi connectivity index (χ0v) is 11.4. The minimum atomic E-state index is -3.11. The monoisotopic (exact) mass is 300 g/mol. The van der Waals surface area contributed by atoms with Crippen molar-refractivity contribution in [3.8, 4) is 0 Å². The van der Waals surface area contributed by atoms with Gasteiger partial charge in [0, 0.05) is 23.4 Å². The minimum absolute atomic E-state index is 0.191. The molecule has 0 unspecified atom stereocenters. The standard InChI is InChI=1S/C6H12Cl3O3PS/c7-1-4-11-13(10,12-5-2-8)14-6-3-9/h1-6H2. The van der Waals surface area contributed by atoms with Gasteiger partial charge in [0.1, 0.15) is 0 Å². The molecule has 0 radical (unpaired) electrons. The first kappa shape index (κ1) is 15.4. The van der Waals surface area contributed by atoms with Crippen molar-refractivity contribution >= 4 is 53.0 Å². The highest BCUT2D eigenvalue weighted by atomic mass is 35.5. The average Bonchev–Trinajstić information content (AvgIpc) is 2.21. The maximum absolute atomic E-state index is 11.8. The molecule has 0 aromatic heterocycles. The third-order valence-corrected chi connectivity index (χ3v) is 5.53. The van der Waals surface area contributed by atoms with Crippen LogP contribution >= 0.6 is 53.0 Å². The first-order chi connectivity index (χ1) is 6.68.